The second-order valence-corrected chi connectivity index (χ2v) is 5.56. The molecule has 5 nitrogen and oxygen atoms in total. The van der Waals surface area contributed by atoms with Crippen molar-refractivity contribution in [1.29, 1.82) is 0 Å². The van der Waals surface area contributed by atoms with E-state index in [1.807, 2.05) is 0 Å². The Kier molecular flexibility index (Phi) is 17.7. The Labute approximate surface area is 132 Å². The quantitative estimate of drug-likeness (QED) is 0.205. The molecule has 0 fully saturated rings. The zero-order chi connectivity index (χ0) is 15.6. The van der Waals surface area contributed by atoms with Gasteiger partial charge >= 0.3 is 0 Å². The molecule has 0 saturated carbocycles. The number of hydrogen-bond donors (Lipinski definition) is 5. The van der Waals surface area contributed by atoms with Gasteiger partial charge in [-0.2, -0.15) is 0 Å². The molecular formula is C16H39N5. The predicted molar refractivity (Wildman–Crippen MR) is 93.6 cm³/mol. The van der Waals surface area contributed by atoms with E-state index in [4.69, 9.17) is 5.73 Å². The predicted octanol–water partition coefficient (Wildman–Crippen LogP) is 1.01. The van der Waals surface area contributed by atoms with Crippen LogP contribution < -0.4 is 27.0 Å². The summed E-state index contributed by atoms with van der Waals surface area (Å²) in [6.45, 7) is 11.7. The first-order valence-electron chi connectivity index (χ1n) is 8.93. The summed E-state index contributed by atoms with van der Waals surface area (Å²) in [5, 5.41) is 14.1. The maximum absolute atomic E-state index is 5.53. The summed E-state index contributed by atoms with van der Waals surface area (Å²) in [4.78, 5) is 0. The van der Waals surface area contributed by atoms with E-state index in [-0.39, 0.29) is 0 Å². The van der Waals surface area contributed by atoms with Gasteiger partial charge in [-0.1, -0.05) is 13.8 Å². The van der Waals surface area contributed by atoms with Crippen molar-refractivity contribution >= 4 is 0 Å². The van der Waals surface area contributed by atoms with Gasteiger partial charge in [-0.25, -0.2) is 0 Å². The van der Waals surface area contributed by atoms with Gasteiger partial charge in [0.25, 0.3) is 0 Å². The lowest BCUT2D eigenvalue weighted by Gasteiger charge is -2.20. The minimum atomic E-state index is 0.450. The topological polar surface area (TPSA) is 74.1 Å². The van der Waals surface area contributed by atoms with Crippen LogP contribution in [0.3, 0.4) is 0 Å². The van der Waals surface area contributed by atoms with Gasteiger partial charge in [0.1, 0.15) is 0 Å². The van der Waals surface area contributed by atoms with Crippen LogP contribution in [0.5, 0.6) is 0 Å². The van der Waals surface area contributed by atoms with Gasteiger partial charge < -0.3 is 27.0 Å². The third-order valence-corrected chi connectivity index (χ3v) is 3.47. The van der Waals surface area contributed by atoms with Gasteiger partial charge in [0.15, 0.2) is 0 Å². The molecule has 0 saturated heterocycles. The molecule has 21 heavy (non-hydrogen) atoms. The SMILES string of the molecule is CCCNC(CCCNCCCNCC)NCCCCN. The smallest absolute Gasteiger partial charge is 0.0572 e. The highest BCUT2D eigenvalue weighted by Crippen LogP contribution is 1.95. The van der Waals surface area contributed by atoms with Crippen LogP contribution in [-0.4, -0.2) is 52.0 Å². The van der Waals surface area contributed by atoms with E-state index in [2.05, 4.69) is 35.1 Å². The average Bonchev–Trinajstić information content (AvgIpc) is 2.50. The lowest BCUT2D eigenvalue weighted by molar-refractivity contribution is 0.385. The first-order valence-corrected chi connectivity index (χ1v) is 8.93. The van der Waals surface area contributed by atoms with Gasteiger partial charge in [0.2, 0.25) is 0 Å². The molecule has 0 aromatic rings. The molecule has 1 atom stereocenters. The third-order valence-electron chi connectivity index (χ3n) is 3.47. The van der Waals surface area contributed by atoms with E-state index in [1.165, 1.54) is 32.1 Å². The molecule has 0 rings (SSSR count). The Bertz CT molecular complexity index is 190. The van der Waals surface area contributed by atoms with E-state index in [9.17, 15) is 0 Å². The maximum Gasteiger partial charge on any atom is 0.0572 e. The Morgan fingerprint density at radius 1 is 0.762 bits per heavy atom. The fourth-order valence-electron chi connectivity index (χ4n) is 2.21. The van der Waals surface area contributed by atoms with Crippen LogP contribution in [0.4, 0.5) is 0 Å². The number of unbranched alkanes of at least 4 members (excludes halogenated alkanes) is 1. The van der Waals surface area contributed by atoms with E-state index in [1.54, 1.807) is 0 Å². The highest BCUT2D eigenvalue weighted by atomic mass is 15.1. The highest BCUT2D eigenvalue weighted by Gasteiger charge is 2.05. The fraction of sp³-hybridized carbons (Fsp3) is 1.00. The standard InChI is InChI=1S/C16H39N5/c1-3-11-20-16(21-15-6-5-10-17)9-7-12-19-14-8-13-18-4-2/h16,18-21H,3-15,17H2,1-2H3. The molecule has 1 unspecified atom stereocenters. The number of hydrogen-bond acceptors (Lipinski definition) is 5. The molecule has 5 heteroatoms. The Morgan fingerprint density at radius 3 is 2.19 bits per heavy atom. The van der Waals surface area contributed by atoms with Crippen molar-refractivity contribution in [1.82, 2.24) is 21.3 Å². The lowest BCUT2D eigenvalue weighted by atomic mass is 10.2. The molecule has 0 aromatic carbocycles. The van der Waals surface area contributed by atoms with Crippen molar-refractivity contribution in [3.05, 3.63) is 0 Å². The van der Waals surface area contributed by atoms with Crippen molar-refractivity contribution in [2.24, 2.45) is 5.73 Å². The third kappa shape index (κ3) is 16.0. The Balaban J connectivity index is 3.51. The largest absolute Gasteiger partial charge is 0.330 e. The number of rotatable bonds is 17. The second kappa shape index (κ2) is 17.9. The van der Waals surface area contributed by atoms with E-state index in [0.717, 1.165) is 52.2 Å². The van der Waals surface area contributed by atoms with Crippen LogP contribution >= 0.6 is 0 Å². The van der Waals surface area contributed by atoms with Crippen LogP contribution in [0.1, 0.15) is 52.4 Å². The van der Waals surface area contributed by atoms with Gasteiger partial charge in [-0.15, -0.1) is 0 Å². The van der Waals surface area contributed by atoms with Crippen LogP contribution in [0.15, 0.2) is 0 Å². The van der Waals surface area contributed by atoms with E-state index >= 15 is 0 Å². The molecule has 0 radical (unpaired) electrons. The molecule has 0 bridgehead atoms. The minimum absolute atomic E-state index is 0.450. The highest BCUT2D eigenvalue weighted by molar-refractivity contribution is 4.65. The summed E-state index contributed by atoms with van der Waals surface area (Å²) in [6, 6.07) is 0. The molecular weight excluding hydrogens is 262 g/mol. The average molecular weight is 302 g/mol. The summed E-state index contributed by atoms with van der Waals surface area (Å²) in [7, 11) is 0. The lowest BCUT2D eigenvalue weighted by Crippen LogP contribution is -2.43. The van der Waals surface area contributed by atoms with Crippen molar-refractivity contribution in [3.8, 4) is 0 Å². The van der Waals surface area contributed by atoms with E-state index in [0.29, 0.717) is 6.17 Å². The van der Waals surface area contributed by atoms with Crippen molar-refractivity contribution < 1.29 is 0 Å². The van der Waals surface area contributed by atoms with E-state index < -0.39 is 0 Å². The maximum atomic E-state index is 5.53. The molecule has 0 aromatic heterocycles. The summed E-state index contributed by atoms with van der Waals surface area (Å²) >= 11 is 0. The Morgan fingerprint density at radius 2 is 1.48 bits per heavy atom. The molecule has 0 amide bonds. The van der Waals surface area contributed by atoms with Gasteiger partial charge in [0.05, 0.1) is 6.17 Å². The summed E-state index contributed by atoms with van der Waals surface area (Å²) in [5.41, 5.74) is 5.53. The number of nitrogens with one attached hydrogen (secondary N) is 4. The van der Waals surface area contributed by atoms with Crippen molar-refractivity contribution in [2.45, 2.75) is 58.5 Å². The zero-order valence-corrected chi connectivity index (χ0v) is 14.3. The first kappa shape index (κ1) is 20.8. The Hall–Kier alpha value is -0.200. The zero-order valence-electron chi connectivity index (χ0n) is 14.3. The van der Waals surface area contributed by atoms with Crippen LogP contribution in [0.2, 0.25) is 0 Å². The molecule has 0 aliphatic carbocycles. The van der Waals surface area contributed by atoms with Crippen LogP contribution in [0, 0.1) is 0 Å². The number of nitrogens with two attached hydrogens (primary N) is 1. The summed E-state index contributed by atoms with van der Waals surface area (Å²) in [5.74, 6) is 0. The second-order valence-electron chi connectivity index (χ2n) is 5.56. The van der Waals surface area contributed by atoms with Gasteiger partial charge in [-0.3, -0.25) is 0 Å². The van der Waals surface area contributed by atoms with Crippen LogP contribution in [0.25, 0.3) is 0 Å². The van der Waals surface area contributed by atoms with Crippen molar-refractivity contribution in [2.75, 3.05) is 45.8 Å². The first-order chi connectivity index (χ1) is 10.3. The summed E-state index contributed by atoms with van der Waals surface area (Å²) in [6.07, 6.45) is 7.53. The monoisotopic (exact) mass is 301 g/mol. The molecule has 128 valence electrons. The molecule has 0 heterocycles. The summed E-state index contributed by atoms with van der Waals surface area (Å²) < 4.78 is 0. The van der Waals surface area contributed by atoms with Gasteiger partial charge in [0, 0.05) is 0 Å². The van der Waals surface area contributed by atoms with Gasteiger partial charge in [-0.05, 0) is 84.3 Å². The van der Waals surface area contributed by atoms with Crippen LogP contribution in [-0.2, 0) is 0 Å². The molecule has 0 spiro atoms. The van der Waals surface area contributed by atoms with Crippen molar-refractivity contribution in [3.63, 3.8) is 0 Å². The fourth-order valence-corrected chi connectivity index (χ4v) is 2.21. The minimum Gasteiger partial charge on any atom is -0.330 e. The molecule has 6 N–H and O–H groups in total. The molecule has 0 aliphatic heterocycles. The normalized spacial score (nSPS) is 12.7. The molecule has 0 aliphatic rings.